The van der Waals surface area contributed by atoms with Gasteiger partial charge in [0.15, 0.2) is 0 Å². The van der Waals surface area contributed by atoms with Gasteiger partial charge in [-0.25, -0.2) is 4.79 Å². The zero-order valence-corrected chi connectivity index (χ0v) is 16.8. The summed E-state index contributed by atoms with van der Waals surface area (Å²) in [5.41, 5.74) is 4.06. The molecule has 1 saturated carbocycles. The first-order chi connectivity index (χ1) is 12.9. The number of ether oxygens (including phenoxy) is 1. The number of carbonyl (C=O) groups excluding carboxylic acids is 1. The predicted octanol–water partition coefficient (Wildman–Crippen LogP) is 3.42. The van der Waals surface area contributed by atoms with E-state index in [4.69, 9.17) is 4.74 Å². The van der Waals surface area contributed by atoms with E-state index in [0.717, 1.165) is 44.3 Å². The van der Waals surface area contributed by atoms with E-state index >= 15 is 0 Å². The number of hydrogen-bond donors (Lipinski definition) is 1. The maximum Gasteiger partial charge on any atom is 0.334 e. The lowest BCUT2D eigenvalue weighted by Gasteiger charge is -2.69. The van der Waals surface area contributed by atoms with E-state index in [1.54, 1.807) is 5.57 Å². The van der Waals surface area contributed by atoms with Gasteiger partial charge >= 0.3 is 5.97 Å². The number of hydrogen-bond acceptors (Lipinski definition) is 4. The Hall–Kier alpha value is -1.13. The van der Waals surface area contributed by atoms with E-state index < -0.39 is 5.72 Å². The van der Waals surface area contributed by atoms with Crippen molar-refractivity contribution in [2.24, 2.45) is 28.6 Å². The van der Waals surface area contributed by atoms with Crippen LogP contribution in [0.1, 0.15) is 58.8 Å². The van der Waals surface area contributed by atoms with Gasteiger partial charge in [-0.1, -0.05) is 19.4 Å². The minimum absolute atomic E-state index is 0.0707. The lowest BCUT2D eigenvalue weighted by Crippen LogP contribution is -2.74. The molecule has 3 fully saturated rings. The number of rotatable bonds is 1. The number of methoxy groups -OCH3 is 1. The van der Waals surface area contributed by atoms with Gasteiger partial charge in [-0.05, 0) is 73.3 Å². The Balaban J connectivity index is 1.67. The molecule has 1 unspecified atom stereocenters. The van der Waals surface area contributed by atoms with Crippen molar-refractivity contribution in [1.82, 2.24) is 4.90 Å². The molecule has 146 valence electrons. The number of piperidine rings is 1. The van der Waals surface area contributed by atoms with Crippen molar-refractivity contribution in [3.63, 3.8) is 0 Å². The van der Waals surface area contributed by atoms with Crippen molar-refractivity contribution >= 4 is 5.97 Å². The molecule has 4 bridgehead atoms. The van der Waals surface area contributed by atoms with Crippen molar-refractivity contribution in [3.05, 3.63) is 22.3 Å². The van der Waals surface area contributed by atoms with E-state index in [2.05, 4.69) is 18.7 Å². The second-order valence-electron chi connectivity index (χ2n) is 10.4. The van der Waals surface area contributed by atoms with Crippen molar-refractivity contribution in [2.75, 3.05) is 20.2 Å². The summed E-state index contributed by atoms with van der Waals surface area (Å²) in [4.78, 5) is 15.2. The van der Waals surface area contributed by atoms with Crippen LogP contribution in [0.3, 0.4) is 0 Å². The first-order valence-electron chi connectivity index (χ1n) is 10.9. The van der Waals surface area contributed by atoms with Crippen LogP contribution in [0.5, 0.6) is 0 Å². The summed E-state index contributed by atoms with van der Waals surface area (Å²) in [6, 6.07) is 0. The van der Waals surface area contributed by atoms with E-state index in [9.17, 15) is 9.90 Å². The number of carbonyl (C=O) groups is 1. The SMILES string of the molecule is COC(=O)C1=C2CCC3=C2[C@]2(C1)[C@@]1(C)CC[C@@H]4C(C)CN(C[C@H]1CC3)[C@@]42O. The second-order valence-corrected chi connectivity index (χ2v) is 10.4. The Bertz CT molecular complexity index is 827. The molecule has 2 aliphatic heterocycles. The third kappa shape index (κ3) is 1.54. The summed E-state index contributed by atoms with van der Waals surface area (Å²) in [5, 5.41) is 12.6. The fourth-order valence-electron chi connectivity index (χ4n) is 8.83. The highest BCUT2D eigenvalue weighted by Gasteiger charge is 2.78. The maximum absolute atomic E-state index is 12.8. The molecule has 6 rings (SSSR count). The number of allylic oxidation sites excluding steroid dienone is 2. The van der Waals surface area contributed by atoms with Crippen LogP contribution in [0.2, 0.25) is 0 Å². The standard InChI is InChI=1S/C23H31NO3/c1-13-11-24-12-15-6-4-14-5-7-16-17(20(25)27-3)10-22(19(14)16)21(15,2)9-8-18(13)23(22,24)26/h13,15,18,26H,4-12H2,1-3H3/t13?,15-,18-,21+,22-,23-/m1/s1. The van der Waals surface area contributed by atoms with Crippen LogP contribution < -0.4 is 0 Å². The Morgan fingerprint density at radius 1 is 1.22 bits per heavy atom. The molecule has 0 amide bonds. The number of aliphatic hydroxyl groups is 1. The summed E-state index contributed by atoms with van der Waals surface area (Å²) in [5.74, 6) is 1.28. The quantitative estimate of drug-likeness (QED) is 0.720. The van der Waals surface area contributed by atoms with Crippen molar-refractivity contribution in [2.45, 2.75) is 64.5 Å². The van der Waals surface area contributed by atoms with Gasteiger partial charge in [-0.2, -0.15) is 0 Å². The van der Waals surface area contributed by atoms with Crippen LogP contribution in [-0.4, -0.2) is 41.9 Å². The largest absolute Gasteiger partial charge is 0.466 e. The van der Waals surface area contributed by atoms with Gasteiger partial charge in [0.2, 0.25) is 0 Å². The van der Waals surface area contributed by atoms with Crippen LogP contribution in [0.25, 0.3) is 0 Å². The van der Waals surface area contributed by atoms with Crippen LogP contribution in [0, 0.1) is 28.6 Å². The molecule has 0 aromatic carbocycles. The Labute approximate surface area is 161 Å². The van der Waals surface area contributed by atoms with Crippen molar-refractivity contribution in [1.29, 1.82) is 0 Å². The molecule has 4 heteroatoms. The molecule has 6 aliphatic rings. The molecule has 2 heterocycles. The van der Waals surface area contributed by atoms with Crippen LogP contribution >= 0.6 is 0 Å². The molecule has 27 heavy (non-hydrogen) atoms. The molecule has 0 aromatic heterocycles. The molecule has 4 aliphatic carbocycles. The third-order valence-electron chi connectivity index (χ3n) is 9.91. The summed E-state index contributed by atoms with van der Waals surface area (Å²) >= 11 is 0. The smallest absolute Gasteiger partial charge is 0.334 e. The minimum atomic E-state index is -0.799. The highest BCUT2D eigenvalue weighted by atomic mass is 16.5. The summed E-state index contributed by atoms with van der Waals surface area (Å²) in [7, 11) is 1.50. The zero-order chi connectivity index (χ0) is 18.8. The fraction of sp³-hybridized carbons (Fsp3) is 0.783. The lowest BCUT2D eigenvalue weighted by atomic mass is 9.42. The van der Waals surface area contributed by atoms with Crippen molar-refractivity contribution in [3.8, 4) is 0 Å². The summed E-state index contributed by atoms with van der Waals surface area (Å²) in [6.07, 6.45) is 7.43. The molecular weight excluding hydrogens is 338 g/mol. The summed E-state index contributed by atoms with van der Waals surface area (Å²) < 4.78 is 5.22. The molecule has 1 N–H and O–H groups in total. The van der Waals surface area contributed by atoms with E-state index in [1.165, 1.54) is 31.1 Å². The van der Waals surface area contributed by atoms with Gasteiger partial charge in [0.25, 0.3) is 0 Å². The number of nitrogens with zero attached hydrogens (tertiary/aromatic N) is 1. The maximum atomic E-state index is 12.8. The van der Waals surface area contributed by atoms with E-state index in [1.807, 2.05) is 0 Å². The van der Waals surface area contributed by atoms with Gasteiger partial charge in [0.1, 0.15) is 5.72 Å². The van der Waals surface area contributed by atoms with E-state index in [-0.39, 0.29) is 16.8 Å². The fourth-order valence-corrected chi connectivity index (χ4v) is 8.83. The Morgan fingerprint density at radius 3 is 2.81 bits per heavy atom. The lowest BCUT2D eigenvalue weighted by molar-refractivity contribution is -0.292. The highest BCUT2D eigenvalue weighted by molar-refractivity contribution is 5.93. The average Bonchev–Trinajstić information content (AvgIpc) is 3.26. The summed E-state index contributed by atoms with van der Waals surface area (Å²) in [6.45, 7) is 6.81. The monoisotopic (exact) mass is 369 g/mol. The molecular formula is C23H31NO3. The first kappa shape index (κ1) is 16.8. The molecule has 0 radical (unpaired) electrons. The topological polar surface area (TPSA) is 49.8 Å². The average molecular weight is 370 g/mol. The van der Waals surface area contributed by atoms with Crippen LogP contribution in [0.15, 0.2) is 22.3 Å². The molecule has 1 spiro atoms. The molecule has 0 aromatic rings. The van der Waals surface area contributed by atoms with Gasteiger partial charge in [-0.15, -0.1) is 0 Å². The van der Waals surface area contributed by atoms with Gasteiger partial charge in [-0.3, -0.25) is 4.90 Å². The molecule has 2 saturated heterocycles. The number of esters is 1. The predicted molar refractivity (Wildman–Crippen MR) is 102 cm³/mol. The second kappa shape index (κ2) is 4.88. The first-order valence-corrected chi connectivity index (χ1v) is 10.9. The van der Waals surface area contributed by atoms with Gasteiger partial charge < -0.3 is 9.84 Å². The van der Waals surface area contributed by atoms with E-state index in [0.29, 0.717) is 24.2 Å². The highest BCUT2D eigenvalue weighted by Crippen LogP contribution is 2.78. The molecule has 4 nitrogen and oxygen atoms in total. The van der Waals surface area contributed by atoms with Gasteiger partial charge in [0, 0.05) is 30.0 Å². The third-order valence-corrected chi connectivity index (χ3v) is 9.91. The Morgan fingerprint density at radius 2 is 2.04 bits per heavy atom. The zero-order valence-electron chi connectivity index (χ0n) is 16.8. The Kier molecular flexibility index (Phi) is 3.04. The van der Waals surface area contributed by atoms with Crippen LogP contribution in [-0.2, 0) is 9.53 Å². The minimum Gasteiger partial charge on any atom is -0.466 e. The van der Waals surface area contributed by atoms with Crippen LogP contribution in [0.4, 0.5) is 0 Å². The van der Waals surface area contributed by atoms with Gasteiger partial charge in [0.05, 0.1) is 7.11 Å². The normalized spacial score (nSPS) is 50.1. The molecule has 6 atom stereocenters. The van der Waals surface area contributed by atoms with Crippen molar-refractivity contribution < 1.29 is 14.6 Å².